The van der Waals surface area contributed by atoms with E-state index >= 15 is 0 Å². The van der Waals surface area contributed by atoms with Crippen LogP contribution in [-0.2, 0) is 33.2 Å². The summed E-state index contributed by atoms with van der Waals surface area (Å²) >= 11 is 0. The predicted octanol–water partition coefficient (Wildman–Crippen LogP) is 1.57. The summed E-state index contributed by atoms with van der Waals surface area (Å²) in [5.41, 5.74) is 1.55. The van der Waals surface area contributed by atoms with E-state index in [1.807, 2.05) is 0 Å². The zero-order valence-electron chi connectivity index (χ0n) is 19.7. The molecule has 0 aliphatic heterocycles. The first kappa shape index (κ1) is 28.3. The molecule has 0 saturated carbocycles. The number of hydrogen-bond donors (Lipinski definition) is 1. The average molecular weight is 488 g/mol. The molecule has 0 fully saturated rings. The highest BCUT2D eigenvalue weighted by Gasteiger charge is 2.19. The number of fused-ring (bicyclic) bond motifs is 1. The van der Waals surface area contributed by atoms with Gasteiger partial charge in [0.25, 0.3) is 5.56 Å². The minimum Gasteiger partial charge on any atom is -0.463 e. The summed E-state index contributed by atoms with van der Waals surface area (Å²) in [7, 11) is 3.30. The number of aryl methyl sites for hydroxylation is 2. The van der Waals surface area contributed by atoms with Gasteiger partial charge in [-0.05, 0) is 37.3 Å². The Balaban J connectivity index is 0.000000321. The molecule has 3 aromatic rings. The molecule has 3 aromatic heterocycles. The molecule has 0 aliphatic rings. The van der Waals surface area contributed by atoms with Crippen LogP contribution in [0.2, 0.25) is 0 Å². The Bertz CT molecular complexity index is 1340. The van der Waals surface area contributed by atoms with Crippen LogP contribution in [0.5, 0.6) is 0 Å². The number of carbonyl (C=O) groups is 2. The summed E-state index contributed by atoms with van der Waals surface area (Å²) in [5, 5.41) is 10.9. The van der Waals surface area contributed by atoms with Gasteiger partial charge in [0.2, 0.25) is 0 Å². The summed E-state index contributed by atoms with van der Waals surface area (Å²) in [4.78, 5) is 71.2. The van der Waals surface area contributed by atoms with E-state index in [1.165, 1.54) is 37.0 Å². The normalized spacial score (nSPS) is 10.4. The molecular weight excluding hydrogens is 464 g/mol. The molecule has 186 valence electrons. The molecular formula is C21H24N6O8. The molecule has 0 bridgehead atoms. The van der Waals surface area contributed by atoms with Crippen molar-refractivity contribution in [2.75, 3.05) is 6.61 Å². The topological polar surface area (TPSA) is 189 Å². The summed E-state index contributed by atoms with van der Waals surface area (Å²) in [6.07, 6.45) is 5.00. The van der Waals surface area contributed by atoms with E-state index in [-0.39, 0.29) is 41.2 Å². The molecule has 14 heteroatoms. The summed E-state index contributed by atoms with van der Waals surface area (Å²) < 4.78 is 7.85. The van der Waals surface area contributed by atoms with Crippen molar-refractivity contribution in [2.45, 2.75) is 27.2 Å². The van der Waals surface area contributed by atoms with E-state index in [0.29, 0.717) is 23.2 Å². The number of aromatic amines is 1. The molecule has 0 amide bonds. The van der Waals surface area contributed by atoms with Crippen molar-refractivity contribution in [2.24, 2.45) is 14.1 Å². The van der Waals surface area contributed by atoms with Crippen LogP contribution in [-0.4, -0.2) is 53.5 Å². The number of imidazole rings is 2. The Kier molecular flexibility index (Phi) is 10.6. The third-order valence-corrected chi connectivity index (χ3v) is 4.44. The van der Waals surface area contributed by atoms with Crippen LogP contribution >= 0.6 is 0 Å². The number of ether oxygens (including phenoxy) is 1. The molecule has 0 spiro atoms. The molecule has 0 aliphatic carbocycles. The minimum absolute atomic E-state index is 0.148. The smallest absolute Gasteiger partial charge is 0.373 e. The Labute approximate surface area is 198 Å². The van der Waals surface area contributed by atoms with Gasteiger partial charge in [-0.3, -0.25) is 9.59 Å². The summed E-state index contributed by atoms with van der Waals surface area (Å²) in [6.45, 7) is 5.10. The molecule has 35 heavy (non-hydrogen) atoms. The van der Waals surface area contributed by atoms with Crippen molar-refractivity contribution in [3.63, 3.8) is 0 Å². The SMILES string of the molecule is CC(=O)c1cc2ncn(C)c2[nH]c1=O.CCOC(=O)/C(=C\c1ncn(C)c1[N+](=O)[O-])CC.O=C=O. The molecule has 0 unspecified atom stereocenters. The maximum Gasteiger partial charge on any atom is 0.373 e. The van der Waals surface area contributed by atoms with E-state index in [9.17, 15) is 24.5 Å². The fraction of sp³-hybridized carbons (Fsp3) is 0.333. The fourth-order valence-corrected chi connectivity index (χ4v) is 2.81. The van der Waals surface area contributed by atoms with Crippen LogP contribution in [0.1, 0.15) is 43.2 Å². The number of carbonyl (C=O) groups excluding carboxylic acids is 4. The second-order valence-corrected chi connectivity index (χ2v) is 6.81. The van der Waals surface area contributed by atoms with Gasteiger partial charge in [0.15, 0.2) is 17.8 Å². The van der Waals surface area contributed by atoms with Gasteiger partial charge in [-0.2, -0.15) is 9.59 Å². The van der Waals surface area contributed by atoms with Crippen molar-refractivity contribution < 1.29 is 28.8 Å². The third-order valence-electron chi connectivity index (χ3n) is 4.44. The molecule has 3 heterocycles. The van der Waals surface area contributed by atoms with Crippen molar-refractivity contribution in [1.82, 2.24) is 24.1 Å². The maximum atomic E-state index is 11.6. The molecule has 0 atom stereocenters. The number of nitrogens with zero attached hydrogens (tertiary/aromatic N) is 5. The lowest BCUT2D eigenvalue weighted by Crippen LogP contribution is -2.16. The van der Waals surface area contributed by atoms with Crippen LogP contribution in [0.25, 0.3) is 17.2 Å². The molecule has 0 radical (unpaired) electrons. The molecule has 1 N–H and O–H groups in total. The number of ketones is 1. The van der Waals surface area contributed by atoms with Crippen LogP contribution in [0.15, 0.2) is 29.1 Å². The van der Waals surface area contributed by atoms with E-state index < -0.39 is 10.9 Å². The zero-order chi connectivity index (χ0) is 26.7. The average Bonchev–Trinajstić information content (AvgIpc) is 3.34. The number of hydrogen-bond acceptors (Lipinski definition) is 10. The lowest BCUT2D eigenvalue weighted by atomic mass is 10.1. The first-order valence-corrected chi connectivity index (χ1v) is 10.1. The van der Waals surface area contributed by atoms with E-state index in [1.54, 1.807) is 31.8 Å². The Morgan fingerprint density at radius 2 is 1.80 bits per heavy atom. The van der Waals surface area contributed by atoms with Crippen LogP contribution in [0.3, 0.4) is 0 Å². The molecule has 0 aromatic carbocycles. The summed E-state index contributed by atoms with van der Waals surface area (Å²) in [6, 6.07) is 1.51. The van der Waals surface area contributed by atoms with Crippen molar-refractivity contribution in [3.8, 4) is 0 Å². The van der Waals surface area contributed by atoms with Gasteiger partial charge >= 0.3 is 17.9 Å². The number of rotatable bonds is 6. The van der Waals surface area contributed by atoms with Crippen LogP contribution in [0, 0.1) is 10.1 Å². The Morgan fingerprint density at radius 1 is 1.20 bits per heavy atom. The Hall–Kier alpha value is -4.71. The van der Waals surface area contributed by atoms with E-state index in [2.05, 4.69) is 15.0 Å². The van der Waals surface area contributed by atoms with Crippen LogP contribution in [0.4, 0.5) is 5.82 Å². The van der Waals surface area contributed by atoms with Gasteiger partial charge in [0.05, 0.1) is 25.5 Å². The minimum atomic E-state index is -0.530. The van der Waals surface area contributed by atoms with Gasteiger partial charge in [-0.15, -0.1) is 0 Å². The zero-order valence-corrected chi connectivity index (χ0v) is 19.7. The van der Waals surface area contributed by atoms with Gasteiger partial charge in [-0.25, -0.2) is 19.3 Å². The number of nitrogens with one attached hydrogen (secondary N) is 1. The highest BCUT2D eigenvalue weighted by molar-refractivity contribution is 5.96. The fourth-order valence-electron chi connectivity index (χ4n) is 2.81. The molecule has 14 nitrogen and oxygen atoms in total. The standard InChI is InChI=1S/C11H15N3O4.C9H9N3O2.CO2/c1-4-8(11(15)18-5-2)6-9-10(14(16)17)13(3)7-12-9;1-5(13)6-3-7-8(11-9(6)14)12(2)4-10-7;2-1-3/h6-7H,4-5H2,1-3H3;3-4H,1-2H3,(H,11,14);/b8-6-;;. The lowest BCUT2D eigenvalue weighted by molar-refractivity contribution is -0.392. The highest BCUT2D eigenvalue weighted by atomic mass is 16.6. The molecule has 3 rings (SSSR count). The number of esters is 1. The van der Waals surface area contributed by atoms with E-state index in [0.717, 1.165) is 0 Å². The van der Waals surface area contributed by atoms with Gasteiger partial charge in [0.1, 0.15) is 11.2 Å². The second kappa shape index (κ2) is 13.1. The van der Waals surface area contributed by atoms with Crippen LogP contribution < -0.4 is 5.56 Å². The van der Waals surface area contributed by atoms with Gasteiger partial charge < -0.3 is 24.4 Å². The van der Waals surface area contributed by atoms with Crippen molar-refractivity contribution >= 4 is 41.0 Å². The Morgan fingerprint density at radius 3 is 2.31 bits per heavy atom. The first-order valence-electron chi connectivity index (χ1n) is 10.1. The third kappa shape index (κ3) is 7.40. The van der Waals surface area contributed by atoms with Gasteiger partial charge in [0, 0.05) is 12.6 Å². The first-order chi connectivity index (χ1) is 16.5. The van der Waals surface area contributed by atoms with Gasteiger partial charge in [-0.1, -0.05) is 6.92 Å². The molecule has 0 saturated heterocycles. The number of nitro groups is 1. The number of Topliss-reactive ketones (excluding diaryl/α,β-unsaturated/α-hetero) is 1. The summed E-state index contributed by atoms with van der Waals surface area (Å²) in [5.74, 6) is -0.871. The van der Waals surface area contributed by atoms with E-state index in [4.69, 9.17) is 14.3 Å². The number of pyridine rings is 1. The second-order valence-electron chi connectivity index (χ2n) is 6.81. The van der Waals surface area contributed by atoms with Crippen molar-refractivity contribution in [3.05, 3.63) is 56.0 Å². The van der Waals surface area contributed by atoms with Crippen molar-refractivity contribution in [1.29, 1.82) is 0 Å². The highest BCUT2D eigenvalue weighted by Crippen LogP contribution is 2.20. The predicted molar refractivity (Wildman–Crippen MR) is 121 cm³/mol. The quantitative estimate of drug-likeness (QED) is 0.175. The maximum absolute atomic E-state index is 11.6. The lowest BCUT2D eigenvalue weighted by Gasteiger charge is -2.03. The number of H-pyrrole nitrogens is 1. The number of aromatic nitrogens is 5. The monoisotopic (exact) mass is 488 g/mol. The largest absolute Gasteiger partial charge is 0.463 e.